The first-order chi connectivity index (χ1) is 9.10. The van der Waals surface area contributed by atoms with Crippen LogP contribution in [0.4, 0.5) is 0 Å². The monoisotopic (exact) mass is 268 g/mol. The quantitative estimate of drug-likeness (QED) is 0.663. The summed E-state index contributed by atoms with van der Waals surface area (Å²) in [6.07, 6.45) is 10.8. The Kier molecular flexibility index (Phi) is 5.22. The zero-order chi connectivity index (χ0) is 13.7. The summed E-state index contributed by atoms with van der Waals surface area (Å²) in [4.78, 5) is 11.6. The van der Waals surface area contributed by atoms with Crippen LogP contribution in [0.15, 0.2) is 0 Å². The van der Waals surface area contributed by atoms with E-state index in [2.05, 4.69) is 5.32 Å². The predicted molar refractivity (Wildman–Crippen MR) is 75.8 cm³/mol. The summed E-state index contributed by atoms with van der Waals surface area (Å²) in [5.41, 5.74) is 4.97. The minimum atomic E-state index is -0.558. The molecular weight excluding hydrogens is 240 g/mol. The van der Waals surface area contributed by atoms with Gasteiger partial charge >= 0.3 is 0 Å². The topological polar surface area (TPSA) is 64.3 Å². The summed E-state index contributed by atoms with van der Waals surface area (Å²) in [7, 11) is 0. The normalized spacial score (nSPS) is 24.1. The SMILES string of the molecule is CC(CCCOC1CCCCC1)(NC1CC1)C(N)=O. The molecule has 4 heteroatoms. The zero-order valence-corrected chi connectivity index (χ0v) is 12.1. The van der Waals surface area contributed by atoms with Gasteiger partial charge < -0.3 is 15.8 Å². The molecule has 1 amide bonds. The Balaban J connectivity index is 1.65. The summed E-state index contributed by atoms with van der Waals surface area (Å²) in [5, 5.41) is 3.38. The van der Waals surface area contributed by atoms with Gasteiger partial charge in [-0.25, -0.2) is 0 Å². The van der Waals surface area contributed by atoms with Crippen LogP contribution in [0.3, 0.4) is 0 Å². The number of primary amides is 1. The third kappa shape index (κ3) is 4.77. The fourth-order valence-corrected chi connectivity index (χ4v) is 2.85. The van der Waals surface area contributed by atoms with Crippen molar-refractivity contribution in [2.24, 2.45) is 5.73 Å². The average molecular weight is 268 g/mol. The van der Waals surface area contributed by atoms with Gasteiger partial charge in [0, 0.05) is 12.6 Å². The van der Waals surface area contributed by atoms with Crippen molar-refractivity contribution < 1.29 is 9.53 Å². The zero-order valence-electron chi connectivity index (χ0n) is 12.1. The van der Waals surface area contributed by atoms with E-state index in [0.29, 0.717) is 12.1 Å². The van der Waals surface area contributed by atoms with Crippen molar-refractivity contribution in [2.45, 2.75) is 82.4 Å². The van der Waals surface area contributed by atoms with Gasteiger partial charge in [-0.15, -0.1) is 0 Å². The summed E-state index contributed by atoms with van der Waals surface area (Å²) in [5.74, 6) is -0.239. The average Bonchev–Trinajstić information content (AvgIpc) is 3.19. The lowest BCUT2D eigenvalue weighted by molar-refractivity contribution is -0.124. The van der Waals surface area contributed by atoms with Crippen molar-refractivity contribution in [3.63, 3.8) is 0 Å². The second-order valence-corrected chi connectivity index (χ2v) is 6.35. The number of carbonyl (C=O) groups excluding carboxylic acids is 1. The summed E-state index contributed by atoms with van der Waals surface area (Å²) in [6, 6.07) is 0.497. The molecule has 0 saturated heterocycles. The molecule has 0 aromatic carbocycles. The van der Waals surface area contributed by atoms with Gasteiger partial charge in [0.2, 0.25) is 5.91 Å². The van der Waals surface area contributed by atoms with Crippen molar-refractivity contribution >= 4 is 5.91 Å². The first-order valence-corrected chi connectivity index (χ1v) is 7.79. The molecule has 0 spiro atoms. The minimum Gasteiger partial charge on any atom is -0.378 e. The Labute approximate surface area is 116 Å². The molecule has 3 N–H and O–H groups in total. The van der Waals surface area contributed by atoms with Gasteiger partial charge in [-0.05, 0) is 45.4 Å². The molecule has 2 aliphatic rings. The van der Waals surface area contributed by atoms with Gasteiger partial charge in [-0.1, -0.05) is 19.3 Å². The van der Waals surface area contributed by atoms with Crippen LogP contribution in [0.1, 0.15) is 64.7 Å². The van der Waals surface area contributed by atoms with E-state index in [1.54, 1.807) is 0 Å². The number of ether oxygens (including phenoxy) is 1. The van der Waals surface area contributed by atoms with Gasteiger partial charge in [-0.3, -0.25) is 4.79 Å². The molecule has 0 radical (unpaired) electrons. The lowest BCUT2D eigenvalue weighted by atomic mass is 9.94. The number of carbonyl (C=O) groups is 1. The highest BCUT2D eigenvalue weighted by molar-refractivity contribution is 5.84. The molecule has 1 unspecified atom stereocenters. The van der Waals surface area contributed by atoms with E-state index in [1.165, 1.54) is 44.9 Å². The van der Waals surface area contributed by atoms with Gasteiger partial charge in [0.1, 0.15) is 0 Å². The first kappa shape index (κ1) is 14.8. The van der Waals surface area contributed by atoms with Crippen LogP contribution in [0.5, 0.6) is 0 Å². The maximum atomic E-state index is 11.6. The number of hydrogen-bond donors (Lipinski definition) is 2. The van der Waals surface area contributed by atoms with Crippen LogP contribution in [0.25, 0.3) is 0 Å². The van der Waals surface area contributed by atoms with E-state index >= 15 is 0 Å². The Morgan fingerprint density at radius 3 is 2.53 bits per heavy atom. The molecule has 110 valence electrons. The fraction of sp³-hybridized carbons (Fsp3) is 0.933. The van der Waals surface area contributed by atoms with Gasteiger partial charge in [-0.2, -0.15) is 0 Å². The number of nitrogens with two attached hydrogens (primary N) is 1. The van der Waals surface area contributed by atoms with E-state index < -0.39 is 5.54 Å². The van der Waals surface area contributed by atoms with Gasteiger partial charge in [0.05, 0.1) is 11.6 Å². The van der Waals surface area contributed by atoms with Gasteiger partial charge in [0.15, 0.2) is 0 Å². The van der Waals surface area contributed by atoms with Crippen LogP contribution >= 0.6 is 0 Å². The summed E-state index contributed by atoms with van der Waals surface area (Å²) in [6.45, 7) is 2.67. The molecule has 19 heavy (non-hydrogen) atoms. The maximum Gasteiger partial charge on any atom is 0.237 e. The lowest BCUT2D eigenvalue weighted by Crippen LogP contribution is -2.54. The predicted octanol–water partition coefficient (Wildman–Crippen LogP) is 2.11. The van der Waals surface area contributed by atoms with Crippen LogP contribution in [-0.2, 0) is 9.53 Å². The van der Waals surface area contributed by atoms with Crippen LogP contribution in [-0.4, -0.2) is 30.2 Å². The van der Waals surface area contributed by atoms with Crippen LogP contribution in [0.2, 0.25) is 0 Å². The maximum absolute atomic E-state index is 11.6. The van der Waals surface area contributed by atoms with Crippen molar-refractivity contribution in [1.82, 2.24) is 5.32 Å². The van der Waals surface area contributed by atoms with Crippen molar-refractivity contribution in [3.05, 3.63) is 0 Å². The number of amides is 1. The van der Waals surface area contributed by atoms with E-state index in [0.717, 1.165) is 19.4 Å². The number of hydrogen-bond acceptors (Lipinski definition) is 3. The second-order valence-electron chi connectivity index (χ2n) is 6.35. The second kappa shape index (κ2) is 6.71. The molecule has 2 saturated carbocycles. The molecule has 2 aliphatic carbocycles. The molecule has 0 aromatic heterocycles. The highest BCUT2D eigenvalue weighted by atomic mass is 16.5. The Morgan fingerprint density at radius 2 is 1.95 bits per heavy atom. The van der Waals surface area contributed by atoms with Crippen LogP contribution in [0, 0.1) is 0 Å². The highest BCUT2D eigenvalue weighted by Gasteiger charge is 2.36. The standard InChI is InChI=1S/C15H28N2O2/c1-15(14(16)18,17-12-8-9-12)10-5-11-19-13-6-3-2-4-7-13/h12-13,17H,2-11H2,1H3,(H2,16,18). The Hall–Kier alpha value is -0.610. The molecule has 0 aromatic rings. The summed E-state index contributed by atoms with van der Waals surface area (Å²) >= 11 is 0. The van der Waals surface area contributed by atoms with Gasteiger partial charge in [0.25, 0.3) is 0 Å². The molecule has 1 atom stereocenters. The molecule has 0 aliphatic heterocycles. The third-order valence-corrected chi connectivity index (χ3v) is 4.37. The third-order valence-electron chi connectivity index (χ3n) is 4.37. The number of rotatable bonds is 8. The fourth-order valence-electron chi connectivity index (χ4n) is 2.85. The van der Waals surface area contributed by atoms with E-state index in [9.17, 15) is 4.79 Å². The highest BCUT2D eigenvalue weighted by Crippen LogP contribution is 2.25. The van der Waals surface area contributed by atoms with Crippen molar-refractivity contribution in [1.29, 1.82) is 0 Å². The van der Waals surface area contributed by atoms with E-state index in [4.69, 9.17) is 10.5 Å². The molecule has 2 rings (SSSR count). The lowest BCUT2D eigenvalue weighted by Gasteiger charge is -2.28. The van der Waals surface area contributed by atoms with E-state index in [1.807, 2.05) is 6.92 Å². The Morgan fingerprint density at radius 1 is 1.26 bits per heavy atom. The number of nitrogens with one attached hydrogen (secondary N) is 1. The molecular formula is C15H28N2O2. The van der Waals surface area contributed by atoms with E-state index in [-0.39, 0.29) is 5.91 Å². The first-order valence-electron chi connectivity index (χ1n) is 7.79. The van der Waals surface area contributed by atoms with Crippen molar-refractivity contribution in [2.75, 3.05) is 6.61 Å². The van der Waals surface area contributed by atoms with Crippen molar-refractivity contribution in [3.8, 4) is 0 Å². The largest absolute Gasteiger partial charge is 0.378 e. The smallest absolute Gasteiger partial charge is 0.237 e. The molecule has 0 heterocycles. The Bertz CT molecular complexity index is 299. The van der Waals surface area contributed by atoms with Crippen LogP contribution < -0.4 is 11.1 Å². The molecule has 4 nitrogen and oxygen atoms in total. The molecule has 2 fully saturated rings. The summed E-state index contributed by atoms with van der Waals surface area (Å²) < 4.78 is 5.90. The molecule has 0 bridgehead atoms. The minimum absolute atomic E-state index is 0.239.